The molecule has 1 N–H and O–H groups in total. The van der Waals surface area contributed by atoms with Gasteiger partial charge in [0.25, 0.3) is 5.91 Å². The number of benzene rings is 1. The van der Waals surface area contributed by atoms with Crippen LogP contribution in [0.2, 0.25) is 5.02 Å². The van der Waals surface area contributed by atoms with E-state index in [1.54, 1.807) is 18.2 Å². The normalized spacial score (nSPS) is 20.3. The van der Waals surface area contributed by atoms with Gasteiger partial charge in [-0.25, -0.2) is 8.78 Å². The van der Waals surface area contributed by atoms with Crippen LogP contribution in [0.1, 0.15) is 42.1 Å². The second kappa shape index (κ2) is 7.09. The van der Waals surface area contributed by atoms with Gasteiger partial charge in [-0.15, -0.1) is 0 Å². The van der Waals surface area contributed by atoms with Crippen LogP contribution in [0, 0.1) is 0 Å². The Morgan fingerprint density at radius 2 is 2.32 bits per heavy atom. The summed E-state index contributed by atoms with van der Waals surface area (Å²) in [5.41, 5.74) is 0.971. The average Bonchev–Trinajstić information content (AvgIpc) is 2.79. The van der Waals surface area contributed by atoms with E-state index in [1.807, 2.05) is 6.92 Å². The molecule has 1 aromatic carbocycles. The highest BCUT2D eigenvalue weighted by Gasteiger charge is 2.40. The molecule has 3 nitrogen and oxygen atoms in total. The molecule has 120 valence electrons. The third kappa shape index (κ3) is 4.44. The molecule has 6 heteroatoms. The summed E-state index contributed by atoms with van der Waals surface area (Å²) in [4.78, 5) is 12.3. The van der Waals surface area contributed by atoms with Crippen LogP contribution in [0.5, 0.6) is 0 Å². The zero-order chi connectivity index (χ0) is 16.2. The molecule has 0 radical (unpaired) electrons. The third-order valence-electron chi connectivity index (χ3n) is 3.51. The second-order valence-corrected chi connectivity index (χ2v) is 5.70. The lowest BCUT2D eigenvalue weighted by atomic mass is 10.1. The average molecular weight is 330 g/mol. The molecule has 0 aromatic heterocycles. The van der Waals surface area contributed by atoms with Gasteiger partial charge in [0.15, 0.2) is 0 Å². The van der Waals surface area contributed by atoms with Crippen LogP contribution in [0.25, 0.3) is 6.08 Å². The monoisotopic (exact) mass is 329 g/mol. The lowest BCUT2D eigenvalue weighted by Crippen LogP contribution is -2.34. The van der Waals surface area contributed by atoms with E-state index in [0.717, 1.165) is 0 Å². The third-order valence-corrected chi connectivity index (χ3v) is 3.74. The van der Waals surface area contributed by atoms with E-state index in [9.17, 15) is 13.6 Å². The number of hydrogen-bond donors (Lipinski definition) is 1. The Hall–Kier alpha value is -1.62. The lowest BCUT2D eigenvalue weighted by molar-refractivity contribution is 0.00711. The minimum atomic E-state index is -2.69. The number of carbonyl (C=O) groups is 1. The first-order valence-electron chi connectivity index (χ1n) is 7.17. The van der Waals surface area contributed by atoms with E-state index >= 15 is 0 Å². The van der Waals surface area contributed by atoms with Gasteiger partial charge in [-0.2, -0.15) is 0 Å². The zero-order valence-corrected chi connectivity index (χ0v) is 13.0. The number of carbonyl (C=O) groups excluding carboxylic acids is 1. The predicted molar refractivity (Wildman–Crippen MR) is 82.2 cm³/mol. The molecule has 1 fully saturated rings. The van der Waals surface area contributed by atoms with Gasteiger partial charge in [0, 0.05) is 29.5 Å². The highest BCUT2D eigenvalue weighted by atomic mass is 35.5. The molecular weight excluding hydrogens is 312 g/mol. The van der Waals surface area contributed by atoms with Crippen molar-refractivity contribution in [2.24, 2.45) is 0 Å². The smallest absolute Gasteiger partial charge is 0.252 e. The van der Waals surface area contributed by atoms with Crippen LogP contribution in [-0.2, 0) is 4.74 Å². The van der Waals surface area contributed by atoms with E-state index in [4.69, 9.17) is 16.3 Å². The second-order valence-electron chi connectivity index (χ2n) is 5.26. The number of halogens is 3. The largest absolute Gasteiger partial charge is 0.501 e. The molecule has 0 spiro atoms. The van der Waals surface area contributed by atoms with E-state index < -0.39 is 17.9 Å². The first kappa shape index (κ1) is 16.7. The molecule has 1 amide bonds. The summed E-state index contributed by atoms with van der Waals surface area (Å²) in [5, 5.41) is 3.07. The van der Waals surface area contributed by atoms with E-state index in [2.05, 4.69) is 5.32 Å². The molecule has 0 aliphatic heterocycles. The minimum absolute atomic E-state index is 0.190. The Morgan fingerprint density at radius 1 is 1.55 bits per heavy atom. The first-order valence-corrected chi connectivity index (χ1v) is 7.55. The standard InChI is InChI=1S/C16H18ClF2NO2/c1-2-22-8-6-11-3-4-12(17)9-14(11)15(21)20-13-5-7-16(18,19)10-13/h3-4,6,8-9,13H,2,5,7,10H2,1H3,(H,20,21)/b8-6+/t13-/m0/s1. The van der Waals surface area contributed by atoms with E-state index in [-0.39, 0.29) is 19.3 Å². The lowest BCUT2D eigenvalue weighted by Gasteiger charge is -2.14. The fraction of sp³-hybridized carbons (Fsp3) is 0.438. The van der Waals surface area contributed by atoms with Gasteiger partial charge in [-0.3, -0.25) is 4.79 Å². The van der Waals surface area contributed by atoms with Crippen LogP contribution in [0.15, 0.2) is 24.5 Å². The Labute approximate surface area is 133 Å². The first-order chi connectivity index (χ1) is 10.4. The molecule has 1 saturated carbocycles. The van der Waals surface area contributed by atoms with Gasteiger partial charge >= 0.3 is 0 Å². The fourth-order valence-electron chi connectivity index (χ4n) is 2.42. The van der Waals surface area contributed by atoms with Gasteiger partial charge in [0.2, 0.25) is 5.92 Å². The summed E-state index contributed by atoms with van der Waals surface area (Å²) in [6.07, 6.45) is 2.92. The van der Waals surface area contributed by atoms with Crippen molar-refractivity contribution >= 4 is 23.6 Å². The van der Waals surface area contributed by atoms with E-state index in [0.29, 0.717) is 22.8 Å². The van der Waals surface area contributed by atoms with Crippen LogP contribution >= 0.6 is 11.6 Å². The van der Waals surface area contributed by atoms with Crippen LogP contribution < -0.4 is 5.32 Å². The maximum atomic E-state index is 13.2. The fourth-order valence-corrected chi connectivity index (χ4v) is 2.60. The van der Waals surface area contributed by atoms with Crippen molar-refractivity contribution in [1.82, 2.24) is 5.32 Å². The van der Waals surface area contributed by atoms with E-state index in [1.165, 1.54) is 12.3 Å². The summed E-state index contributed by atoms with van der Waals surface area (Å²) in [7, 11) is 0. The molecule has 1 atom stereocenters. The quantitative estimate of drug-likeness (QED) is 0.819. The summed E-state index contributed by atoms with van der Waals surface area (Å²) < 4.78 is 31.5. The van der Waals surface area contributed by atoms with Gasteiger partial charge in [0.1, 0.15) is 0 Å². The molecule has 1 aromatic rings. The molecule has 1 aliphatic rings. The maximum Gasteiger partial charge on any atom is 0.252 e. The predicted octanol–water partition coefficient (Wildman–Crippen LogP) is 4.26. The van der Waals surface area contributed by atoms with Crippen molar-refractivity contribution in [3.63, 3.8) is 0 Å². The minimum Gasteiger partial charge on any atom is -0.501 e. The molecule has 2 rings (SSSR count). The summed E-state index contributed by atoms with van der Waals surface area (Å²) in [6, 6.07) is 4.37. The van der Waals surface area contributed by atoms with Crippen LogP contribution in [-0.4, -0.2) is 24.5 Å². The van der Waals surface area contributed by atoms with Crippen LogP contribution in [0.3, 0.4) is 0 Å². The summed E-state index contributed by atoms with van der Waals surface area (Å²) in [5.74, 6) is -3.09. The summed E-state index contributed by atoms with van der Waals surface area (Å²) >= 11 is 5.93. The number of amides is 1. The number of alkyl halides is 2. The molecule has 0 bridgehead atoms. The Morgan fingerprint density at radius 3 is 2.95 bits per heavy atom. The maximum absolute atomic E-state index is 13.2. The van der Waals surface area contributed by atoms with Crippen LogP contribution in [0.4, 0.5) is 8.78 Å². The number of hydrogen-bond acceptors (Lipinski definition) is 2. The molecule has 22 heavy (non-hydrogen) atoms. The van der Waals surface area contributed by atoms with Crippen molar-refractivity contribution < 1.29 is 18.3 Å². The molecule has 0 unspecified atom stereocenters. The van der Waals surface area contributed by atoms with Gasteiger partial charge < -0.3 is 10.1 Å². The van der Waals surface area contributed by atoms with Gasteiger partial charge in [-0.05, 0) is 37.1 Å². The van der Waals surface area contributed by atoms with Gasteiger partial charge in [-0.1, -0.05) is 17.7 Å². The highest BCUT2D eigenvalue weighted by Crippen LogP contribution is 2.35. The van der Waals surface area contributed by atoms with Crippen molar-refractivity contribution in [3.8, 4) is 0 Å². The molecular formula is C16H18ClF2NO2. The zero-order valence-electron chi connectivity index (χ0n) is 12.2. The SMILES string of the molecule is CCO/C=C/c1ccc(Cl)cc1C(=O)N[C@H]1CCC(F)(F)C1. The van der Waals surface area contributed by atoms with Gasteiger partial charge in [0.05, 0.1) is 12.9 Å². The molecule has 0 saturated heterocycles. The Kier molecular flexibility index (Phi) is 5.40. The van der Waals surface area contributed by atoms with Crippen molar-refractivity contribution in [2.45, 2.75) is 38.2 Å². The Bertz CT molecular complexity index is 575. The number of ether oxygens (including phenoxy) is 1. The van der Waals surface area contributed by atoms with Crippen molar-refractivity contribution in [2.75, 3.05) is 6.61 Å². The van der Waals surface area contributed by atoms with Crippen molar-refractivity contribution in [1.29, 1.82) is 0 Å². The molecule has 0 heterocycles. The number of rotatable bonds is 5. The topological polar surface area (TPSA) is 38.3 Å². The Balaban J connectivity index is 2.12. The molecule has 1 aliphatic carbocycles. The summed E-state index contributed by atoms with van der Waals surface area (Å²) in [6.45, 7) is 2.36. The highest BCUT2D eigenvalue weighted by molar-refractivity contribution is 6.31. The number of nitrogens with one attached hydrogen (secondary N) is 1. The van der Waals surface area contributed by atoms with Crippen molar-refractivity contribution in [3.05, 3.63) is 40.6 Å².